The molecule has 2 unspecified atom stereocenters. The second-order valence-electron chi connectivity index (χ2n) is 5.09. The summed E-state index contributed by atoms with van der Waals surface area (Å²) in [6.45, 7) is 13.1. The summed E-state index contributed by atoms with van der Waals surface area (Å²) in [6, 6.07) is 0.616. The molecule has 0 bridgehead atoms. The monoisotopic (exact) mass is 185 g/mol. The Balaban J connectivity index is 2.64. The first-order valence-electron chi connectivity index (χ1n) is 5.31. The van der Waals surface area contributed by atoms with Gasteiger partial charge in [0.2, 0.25) is 0 Å². The fourth-order valence-corrected chi connectivity index (χ4v) is 1.89. The molecule has 1 aliphatic heterocycles. The third-order valence-corrected chi connectivity index (χ3v) is 3.08. The number of ether oxygens (including phenoxy) is 1. The van der Waals surface area contributed by atoms with Crippen molar-refractivity contribution in [2.24, 2.45) is 5.92 Å². The van der Waals surface area contributed by atoms with E-state index in [4.69, 9.17) is 4.74 Å². The average Bonchev–Trinajstić information content (AvgIpc) is 2.49. The molecular formula is C11H23NO. The first-order chi connectivity index (χ1) is 5.96. The van der Waals surface area contributed by atoms with Gasteiger partial charge in [0.05, 0.1) is 13.3 Å². The zero-order valence-corrected chi connectivity index (χ0v) is 9.63. The van der Waals surface area contributed by atoms with E-state index in [0.29, 0.717) is 6.04 Å². The maximum Gasteiger partial charge on any atom is 0.0998 e. The van der Waals surface area contributed by atoms with Crippen molar-refractivity contribution in [3.05, 3.63) is 0 Å². The lowest BCUT2D eigenvalue weighted by molar-refractivity contribution is 0.0596. The number of hydrogen-bond acceptors (Lipinski definition) is 2. The Morgan fingerprint density at radius 1 is 1.46 bits per heavy atom. The van der Waals surface area contributed by atoms with Crippen LogP contribution in [0.2, 0.25) is 0 Å². The summed E-state index contributed by atoms with van der Waals surface area (Å²) in [5.74, 6) is 0.738. The molecule has 78 valence electrons. The van der Waals surface area contributed by atoms with Crippen LogP contribution in [0.1, 0.15) is 41.0 Å². The van der Waals surface area contributed by atoms with E-state index in [1.54, 1.807) is 0 Å². The summed E-state index contributed by atoms with van der Waals surface area (Å²) >= 11 is 0. The van der Waals surface area contributed by atoms with Crippen molar-refractivity contribution in [3.63, 3.8) is 0 Å². The summed E-state index contributed by atoms with van der Waals surface area (Å²) in [7, 11) is 0. The molecule has 0 N–H and O–H groups in total. The van der Waals surface area contributed by atoms with Crippen molar-refractivity contribution in [2.75, 3.05) is 13.3 Å². The molecule has 0 aromatic heterocycles. The molecule has 0 amide bonds. The normalized spacial score (nSPS) is 27.9. The Hall–Kier alpha value is -0.0800. The smallest absolute Gasteiger partial charge is 0.0998 e. The minimum Gasteiger partial charge on any atom is -0.364 e. The highest BCUT2D eigenvalue weighted by Gasteiger charge is 2.35. The Kier molecular flexibility index (Phi) is 3.36. The minimum atomic E-state index is 0.241. The SMILES string of the molecule is CCC(C)C1COCN1C(C)(C)C. The highest BCUT2D eigenvalue weighted by atomic mass is 16.5. The molecule has 1 fully saturated rings. The first kappa shape index (κ1) is 11.0. The van der Waals surface area contributed by atoms with Gasteiger partial charge in [0, 0.05) is 11.6 Å². The van der Waals surface area contributed by atoms with E-state index in [-0.39, 0.29) is 5.54 Å². The van der Waals surface area contributed by atoms with Crippen LogP contribution in [0.5, 0.6) is 0 Å². The van der Waals surface area contributed by atoms with Gasteiger partial charge in [-0.3, -0.25) is 4.90 Å². The van der Waals surface area contributed by atoms with Gasteiger partial charge in [-0.2, -0.15) is 0 Å². The van der Waals surface area contributed by atoms with E-state index >= 15 is 0 Å². The van der Waals surface area contributed by atoms with Crippen molar-refractivity contribution in [2.45, 2.75) is 52.6 Å². The van der Waals surface area contributed by atoms with E-state index in [0.717, 1.165) is 19.3 Å². The quantitative estimate of drug-likeness (QED) is 0.655. The predicted octanol–water partition coefficient (Wildman–Crippen LogP) is 2.49. The highest BCUT2D eigenvalue weighted by Crippen LogP contribution is 2.27. The van der Waals surface area contributed by atoms with Gasteiger partial charge in [0.1, 0.15) is 0 Å². The van der Waals surface area contributed by atoms with E-state index in [9.17, 15) is 0 Å². The minimum absolute atomic E-state index is 0.241. The van der Waals surface area contributed by atoms with Crippen LogP contribution in [0.4, 0.5) is 0 Å². The van der Waals surface area contributed by atoms with Gasteiger partial charge in [0.25, 0.3) is 0 Å². The predicted molar refractivity (Wildman–Crippen MR) is 55.7 cm³/mol. The molecule has 0 radical (unpaired) electrons. The van der Waals surface area contributed by atoms with Crippen LogP contribution in [-0.4, -0.2) is 29.8 Å². The highest BCUT2D eigenvalue weighted by molar-refractivity contribution is 4.87. The molecule has 1 heterocycles. The van der Waals surface area contributed by atoms with Gasteiger partial charge < -0.3 is 4.74 Å². The maximum atomic E-state index is 5.55. The lowest BCUT2D eigenvalue weighted by atomic mass is 9.95. The summed E-state index contributed by atoms with van der Waals surface area (Å²) in [6.07, 6.45) is 1.24. The zero-order valence-electron chi connectivity index (χ0n) is 9.63. The molecule has 13 heavy (non-hydrogen) atoms. The van der Waals surface area contributed by atoms with Crippen LogP contribution in [0.15, 0.2) is 0 Å². The largest absolute Gasteiger partial charge is 0.364 e. The van der Waals surface area contributed by atoms with E-state index in [1.165, 1.54) is 6.42 Å². The van der Waals surface area contributed by atoms with Gasteiger partial charge in [-0.05, 0) is 26.7 Å². The zero-order chi connectivity index (χ0) is 10.1. The second-order valence-corrected chi connectivity index (χ2v) is 5.09. The molecule has 2 heteroatoms. The summed E-state index contributed by atoms with van der Waals surface area (Å²) < 4.78 is 5.55. The van der Waals surface area contributed by atoms with Gasteiger partial charge in [-0.15, -0.1) is 0 Å². The fraction of sp³-hybridized carbons (Fsp3) is 1.00. The number of hydrogen-bond donors (Lipinski definition) is 0. The third kappa shape index (κ3) is 2.44. The third-order valence-electron chi connectivity index (χ3n) is 3.08. The first-order valence-corrected chi connectivity index (χ1v) is 5.31. The van der Waals surface area contributed by atoms with Crippen LogP contribution in [0.25, 0.3) is 0 Å². The van der Waals surface area contributed by atoms with E-state index in [2.05, 4.69) is 39.5 Å². The molecule has 1 saturated heterocycles. The molecule has 0 saturated carbocycles. The standard InChI is InChI=1S/C11H23NO/c1-6-9(2)10-7-13-8-12(10)11(3,4)5/h9-10H,6-8H2,1-5H3. The molecule has 0 aliphatic carbocycles. The topological polar surface area (TPSA) is 12.5 Å². The molecular weight excluding hydrogens is 162 g/mol. The van der Waals surface area contributed by atoms with E-state index < -0.39 is 0 Å². The van der Waals surface area contributed by atoms with Gasteiger partial charge in [-0.25, -0.2) is 0 Å². The van der Waals surface area contributed by atoms with E-state index in [1.807, 2.05) is 0 Å². The average molecular weight is 185 g/mol. The molecule has 0 aromatic carbocycles. The van der Waals surface area contributed by atoms with Crippen LogP contribution in [0.3, 0.4) is 0 Å². The van der Waals surface area contributed by atoms with Gasteiger partial charge >= 0.3 is 0 Å². The summed E-state index contributed by atoms with van der Waals surface area (Å²) in [5, 5.41) is 0. The van der Waals surface area contributed by atoms with Crippen molar-refractivity contribution in [3.8, 4) is 0 Å². The van der Waals surface area contributed by atoms with Crippen LogP contribution in [0, 0.1) is 5.92 Å². The van der Waals surface area contributed by atoms with Crippen molar-refractivity contribution in [1.82, 2.24) is 4.90 Å². The molecule has 0 spiro atoms. The molecule has 1 aliphatic rings. The number of nitrogens with zero attached hydrogens (tertiary/aromatic N) is 1. The van der Waals surface area contributed by atoms with Crippen molar-refractivity contribution in [1.29, 1.82) is 0 Å². The van der Waals surface area contributed by atoms with Crippen LogP contribution < -0.4 is 0 Å². The maximum absolute atomic E-state index is 5.55. The van der Waals surface area contributed by atoms with Gasteiger partial charge in [-0.1, -0.05) is 20.3 Å². The molecule has 2 nitrogen and oxygen atoms in total. The van der Waals surface area contributed by atoms with Crippen molar-refractivity contribution >= 4 is 0 Å². The molecule has 1 rings (SSSR count). The van der Waals surface area contributed by atoms with Crippen molar-refractivity contribution < 1.29 is 4.74 Å². The molecule has 2 atom stereocenters. The second kappa shape index (κ2) is 3.97. The lowest BCUT2D eigenvalue weighted by Crippen LogP contribution is -2.47. The molecule has 0 aromatic rings. The Morgan fingerprint density at radius 3 is 2.54 bits per heavy atom. The lowest BCUT2D eigenvalue weighted by Gasteiger charge is -2.37. The Bertz CT molecular complexity index is 162. The van der Waals surface area contributed by atoms with Crippen LogP contribution in [-0.2, 0) is 4.74 Å². The summed E-state index contributed by atoms with van der Waals surface area (Å²) in [4.78, 5) is 2.47. The number of rotatable bonds is 2. The Labute approximate surface area is 82.3 Å². The fourth-order valence-electron chi connectivity index (χ4n) is 1.89. The van der Waals surface area contributed by atoms with Gasteiger partial charge in [0.15, 0.2) is 0 Å². The summed E-state index contributed by atoms with van der Waals surface area (Å²) in [5.41, 5.74) is 0.241. The Morgan fingerprint density at radius 2 is 2.08 bits per heavy atom. The van der Waals surface area contributed by atoms with Crippen LogP contribution >= 0.6 is 0 Å².